The first-order valence-electron chi connectivity index (χ1n) is 6.32. The van der Waals surface area contributed by atoms with Crippen molar-refractivity contribution in [3.8, 4) is 0 Å². The van der Waals surface area contributed by atoms with E-state index in [4.69, 9.17) is 0 Å². The average Bonchev–Trinajstić information content (AvgIpc) is 2.72. The van der Waals surface area contributed by atoms with E-state index in [0.717, 1.165) is 4.90 Å². The van der Waals surface area contributed by atoms with E-state index in [0.29, 0.717) is 23.1 Å². The lowest BCUT2D eigenvalue weighted by Crippen LogP contribution is -2.30. The van der Waals surface area contributed by atoms with Gasteiger partial charge in [-0.25, -0.2) is 4.79 Å². The number of methoxy groups -OCH3 is 1. The van der Waals surface area contributed by atoms with Gasteiger partial charge in [0.15, 0.2) is 0 Å². The number of imide groups is 1. The molecule has 1 aromatic rings. The monoisotopic (exact) mass is 273 g/mol. The van der Waals surface area contributed by atoms with Gasteiger partial charge in [-0.15, -0.1) is 0 Å². The lowest BCUT2D eigenvalue weighted by atomic mass is 10.1. The van der Waals surface area contributed by atoms with Gasteiger partial charge in [-0.2, -0.15) is 0 Å². The van der Waals surface area contributed by atoms with Gasteiger partial charge < -0.3 is 4.74 Å². The molecule has 0 fully saturated rings. The van der Waals surface area contributed by atoms with Gasteiger partial charge in [-0.05, 0) is 18.6 Å². The van der Waals surface area contributed by atoms with Crippen LogP contribution in [0.3, 0.4) is 0 Å². The van der Waals surface area contributed by atoms with Crippen molar-refractivity contribution in [1.29, 1.82) is 0 Å². The van der Waals surface area contributed by atoms with Gasteiger partial charge in [0.1, 0.15) is 0 Å². The summed E-state index contributed by atoms with van der Waals surface area (Å²) in [6.07, 6.45) is 2.04. The Balaban J connectivity index is 2.21. The summed E-state index contributed by atoms with van der Waals surface area (Å²) in [6, 6.07) is 6.69. The van der Waals surface area contributed by atoms with E-state index >= 15 is 0 Å². The van der Waals surface area contributed by atoms with Crippen LogP contribution >= 0.6 is 0 Å². The number of benzene rings is 1. The minimum absolute atomic E-state index is 0.0740. The van der Waals surface area contributed by atoms with Crippen molar-refractivity contribution in [1.82, 2.24) is 4.90 Å². The standard InChI is InChI=1S/C15H15NO4/c1-3-10(15(19)20-2)8-9-16-13(17)11-6-4-5-7-12(11)14(16)18/h4-8H,3,9H2,1-2H3. The first-order chi connectivity index (χ1) is 9.60. The van der Waals surface area contributed by atoms with Crippen molar-refractivity contribution in [2.75, 3.05) is 13.7 Å². The lowest BCUT2D eigenvalue weighted by molar-refractivity contribution is -0.136. The highest BCUT2D eigenvalue weighted by Crippen LogP contribution is 2.22. The molecule has 0 spiro atoms. The number of carbonyl (C=O) groups is 3. The molecule has 5 nitrogen and oxygen atoms in total. The first kappa shape index (κ1) is 14.0. The van der Waals surface area contributed by atoms with Gasteiger partial charge in [0.25, 0.3) is 11.8 Å². The maximum atomic E-state index is 12.1. The Bertz CT molecular complexity index is 569. The molecule has 0 atom stereocenters. The van der Waals surface area contributed by atoms with Crippen LogP contribution in [0, 0.1) is 0 Å². The number of ether oxygens (including phenoxy) is 1. The second kappa shape index (κ2) is 5.69. The summed E-state index contributed by atoms with van der Waals surface area (Å²) < 4.78 is 4.64. The summed E-state index contributed by atoms with van der Waals surface area (Å²) in [5, 5.41) is 0. The summed E-state index contributed by atoms with van der Waals surface area (Å²) in [5.74, 6) is -1.10. The van der Waals surface area contributed by atoms with Crippen molar-refractivity contribution in [2.24, 2.45) is 0 Å². The summed E-state index contributed by atoms with van der Waals surface area (Å²) in [7, 11) is 1.30. The van der Waals surface area contributed by atoms with E-state index < -0.39 is 5.97 Å². The van der Waals surface area contributed by atoms with Crippen LogP contribution in [0.5, 0.6) is 0 Å². The molecule has 1 aliphatic rings. The van der Waals surface area contributed by atoms with Crippen LogP contribution in [0.1, 0.15) is 34.1 Å². The Hall–Kier alpha value is -2.43. The number of fused-ring (bicyclic) bond motifs is 1. The van der Waals surface area contributed by atoms with Crippen molar-refractivity contribution < 1.29 is 19.1 Å². The van der Waals surface area contributed by atoms with Crippen molar-refractivity contribution in [3.63, 3.8) is 0 Å². The maximum Gasteiger partial charge on any atom is 0.333 e. The number of esters is 1. The quantitative estimate of drug-likeness (QED) is 0.476. The lowest BCUT2D eigenvalue weighted by Gasteiger charge is -2.11. The molecule has 0 saturated heterocycles. The fourth-order valence-corrected chi connectivity index (χ4v) is 2.11. The zero-order chi connectivity index (χ0) is 14.7. The van der Waals surface area contributed by atoms with Crippen molar-refractivity contribution in [3.05, 3.63) is 47.0 Å². The minimum atomic E-state index is -0.441. The third kappa shape index (κ3) is 2.34. The molecule has 104 valence electrons. The zero-order valence-corrected chi connectivity index (χ0v) is 11.4. The summed E-state index contributed by atoms with van der Waals surface area (Å²) in [4.78, 5) is 36.8. The number of nitrogens with zero attached hydrogens (tertiary/aromatic N) is 1. The van der Waals surface area contributed by atoms with Gasteiger partial charge in [0.2, 0.25) is 0 Å². The Labute approximate surface area is 116 Å². The Morgan fingerprint density at radius 2 is 1.75 bits per heavy atom. The van der Waals surface area contributed by atoms with Crippen LogP contribution in [0.2, 0.25) is 0 Å². The highest BCUT2D eigenvalue weighted by Gasteiger charge is 2.34. The molecule has 1 aliphatic heterocycles. The normalized spacial score (nSPS) is 14.5. The largest absolute Gasteiger partial charge is 0.466 e. The molecule has 0 bridgehead atoms. The van der Waals surface area contributed by atoms with Crippen LogP contribution in [-0.2, 0) is 9.53 Å². The number of hydrogen-bond donors (Lipinski definition) is 0. The molecule has 0 radical (unpaired) electrons. The second-order valence-corrected chi connectivity index (χ2v) is 4.34. The molecular formula is C15H15NO4. The molecule has 1 heterocycles. The summed E-state index contributed by atoms with van der Waals surface area (Å²) in [5.41, 5.74) is 1.26. The Kier molecular flexibility index (Phi) is 3.98. The smallest absolute Gasteiger partial charge is 0.333 e. The molecule has 2 amide bonds. The van der Waals surface area contributed by atoms with Crippen molar-refractivity contribution in [2.45, 2.75) is 13.3 Å². The van der Waals surface area contributed by atoms with Gasteiger partial charge in [-0.3, -0.25) is 14.5 Å². The molecule has 5 heteroatoms. The minimum Gasteiger partial charge on any atom is -0.466 e. The van der Waals surface area contributed by atoms with Crippen LogP contribution < -0.4 is 0 Å². The van der Waals surface area contributed by atoms with E-state index in [1.165, 1.54) is 7.11 Å². The predicted octanol–water partition coefficient (Wildman–Crippen LogP) is 1.79. The van der Waals surface area contributed by atoms with Gasteiger partial charge in [-0.1, -0.05) is 25.1 Å². The van der Waals surface area contributed by atoms with Gasteiger partial charge in [0, 0.05) is 12.1 Å². The fourth-order valence-electron chi connectivity index (χ4n) is 2.11. The SMILES string of the molecule is CCC(=CCN1C(=O)c2ccccc2C1=O)C(=O)OC. The number of amides is 2. The van der Waals surface area contributed by atoms with E-state index in [2.05, 4.69) is 4.74 Å². The zero-order valence-electron chi connectivity index (χ0n) is 11.4. The summed E-state index contributed by atoms with van der Waals surface area (Å²) >= 11 is 0. The fraction of sp³-hybridized carbons (Fsp3) is 0.267. The molecule has 0 aromatic heterocycles. The molecule has 1 aromatic carbocycles. The van der Waals surface area contributed by atoms with Gasteiger partial charge in [0.05, 0.1) is 18.2 Å². The highest BCUT2D eigenvalue weighted by atomic mass is 16.5. The van der Waals surface area contributed by atoms with Crippen LogP contribution in [-0.4, -0.2) is 36.3 Å². The topological polar surface area (TPSA) is 63.7 Å². The maximum absolute atomic E-state index is 12.1. The molecular weight excluding hydrogens is 258 g/mol. The number of carbonyl (C=O) groups excluding carboxylic acids is 3. The molecule has 2 rings (SSSR count). The number of hydrogen-bond acceptors (Lipinski definition) is 4. The first-order valence-corrected chi connectivity index (χ1v) is 6.32. The van der Waals surface area contributed by atoms with E-state index in [1.54, 1.807) is 30.3 Å². The second-order valence-electron chi connectivity index (χ2n) is 4.34. The molecule has 0 saturated carbocycles. The van der Waals surface area contributed by atoms with Crippen LogP contribution in [0.15, 0.2) is 35.9 Å². The predicted molar refractivity (Wildman–Crippen MR) is 72.2 cm³/mol. The van der Waals surface area contributed by atoms with Gasteiger partial charge >= 0.3 is 5.97 Å². The third-order valence-electron chi connectivity index (χ3n) is 3.23. The average molecular weight is 273 g/mol. The highest BCUT2D eigenvalue weighted by molar-refractivity contribution is 6.21. The number of rotatable bonds is 4. The molecule has 0 aliphatic carbocycles. The van der Waals surface area contributed by atoms with Crippen molar-refractivity contribution >= 4 is 17.8 Å². The molecule has 0 N–H and O–H groups in total. The van der Waals surface area contributed by atoms with Crippen LogP contribution in [0.4, 0.5) is 0 Å². The third-order valence-corrected chi connectivity index (χ3v) is 3.23. The van der Waals surface area contributed by atoms with Crippen LogP contribution in [0.25, 0.3) is 0 Å². The van der Waals surface area contributed by atoms with E-state index in [1.807, 2.05) is 6.92 Å². The molecule has 20 heavy (non-hydrogen) atoms. The summed E-state index contributed by atoms with van der Waals surface area (Å²) in [6.45, 7) is 1.88. The van der Waals surface area contributed by atoms with E-state index in [-0.39, 0.29) is 18.4 Å². The van der Waals surface area contributed by atoms with E-state index in [9.17, 15) is 14.4 Å². The molecule has 0 unspecified atom stereocenters. The Morgan fingerprint density at radius 1 is 1.20 bits per heavy atom. The Morgan fingerprint density at radius 3 is 2.20 bits per heavy atom.